The van der Waals surface area contributed by atoms with Crippen molar-refractivity contribution in [1.82, 2.24) is 15.2 Å². The van der Waals surface area contributed by atoms with E-state index < -0.39 is 0 Å². The summed E-state index contributed by atoms with van der Waals surface area (Å²) in [7, 11) is 0. The summed E-state index contributed by atoms with van der Waals surface area (Å²) in [4.78, 5) is 27.0. The molecule has 0 aliphatic rings. The first-order valence-corrected chi connectivity index (χ1v) is 10.0. The number of nitrogens with one attached hydrogen (secondary N) is 2. The lowest BCUT2D eigenvalue weighted by Gasteiger charge is -2.06. The number of hydrogen-bond donors (Lipinski definition) is 2. The van der Waals surface area contributed by atoms with E-state index in [2.05, 4.69) is 27.4 Å². The average molecular weight is 395 g/mol. The van der Waals surface area contributed by atoms with Gasteiger partial charge in [-0.15, -0.1) is 10.2 Å². The maximum atomic E-state index is 12.2. The molecule has 0 saturated heterocycles. The van der Waals surface area contributed by atoms with Crippen molar-refractivity contribution in [2.24, 2.45) is 0 Å². The largest absolute Gasteiger partial charge is 0.325 e. The van der Waals surface area contributed by atoms with E-state index in [0.717, 1.165) is 35.0 Å². The zero-order chi connectivity index (χ0) is 19.9. The monoisotopic (exact) mass is 394 g/mol. The Morgan fingerprint density at radius 2 is 1.71 bits per heavy atom. The number of rotatable bonds is 7. The quantitative estimate of drug-likeness (QED) is 0.600. The molecule has 1 aromatic heterocycles. The van der Waals surface area contributed by atoms with E-state index in [0.29, 0.717) is 17.3 Å². The highest BCUT2D eigenvalue weighted by molar-refractivity contribution is 7.99. The van der Waals surface area contributed by atoms with Gasteiger partial charge in [-0.1, -0.05) is 60.6 Å². The molecule has 28 heavy (non-hydrogen) atoms. The van der Waals surface area contributed by atoms with Crippen molar-refractivity contribution in [3.63, 3.8) is 0 Å². The van der Waals surface area contributed by atoms with Crippen LogP contribution in [0.5, 0.6) is 0 Å². The third kappa shape index (κ3) is 5.53. The van der Waals surface area contributed by atoms with E-state index in [1.165, 1.54) is 5.56 Å². The van der Waals surface area contributed by atoms with Crippen LogP contribution < -0.4 is 10.9 Å². The number of aromatic amines is 1. The summed E-state index contributed by atoms with van der Waals surface area (Å²) in [6.07, 6.45) is 1.37. The van der Waals surface area contributed by atoms with E-state index in [1.807, 2.05) is 55.5 Å². The number of anilines is 1. The summed E-state index contributed by atoms with van der Waals surface area (Å²) in [5.74, 6) is -0.0297. The molecule has 0 spiro atoms. The fraction of sp³-hybridized carbons (Fsp3) is 0.238. The Kier molecular flexibility index (Phi) is 6.60. The number of amides is 1. The van der Waals surface area contributed by atoms with Crippen LogP contribution in [0.4, 0.5) is 5.69 Å². The number of aryl methyl sites for hydroxylation is 2. The van der Waals surface area contributed by atoms with Crippen LogP contribution in [0.1, 0.15) is 29.3 Å². The van der Waals surface area contributed by atoms with Crippen LogP contribution >= 0.6 is 11.8 Å². The van der Waals surface area contributed by atoms with Crippen LogP contribution in [0.2, 0.25) is 0 Å². The second kappa shape index (κ2) is 9.32. The van der Waals surface area contributed by atoms with Gasteiger partial charge in [0.15, 0.2) is 5.16 Å². The van der Waals surface area contributed by atoms with Crippen molar-refractivity contribution in [3.05, 3.63) is 81.3 Å². The Morgan fingerprint density at radius 1 is 1.04 bits per heavy atom. The van der Waals surface area contributed by atoms with Crippen LogP contribution in [-0.2, 0) is 17.6 Å². The smallest absolute Gasteiger partial charge is 0.273 e. The molecule has 0 aliphatic heterocycles. The van der Waals surface area contributed by atoms with Crippen LogP contribution in [0.15, 0.2) is 58.5 Å². The number of nitrogens with zero attached hydrogens (tertiary/aromatic N) is 2. The van der Waals surface area contributed by atoms with Crippen molar-refractivity contribution in [3.8, 4) is 0 Å². The van der Waals surface area contributed by atoms with Crippen molar-refractivity contribution in [2.75, 3.05) is 11.1 Å². The average Bonchev–Trinajstić information content (AvgIpc) is 2.70. The third-order valence-electron chi connectivity index (χ3n) is 4.22. The molecular weight excluding hydrogens is 372 g/mol. The fourth-order valence-corrected chi connectivity index (χ4v) is 3.18. The lowest BCUT2D eigenvalue weighted by molar-refractivity contribution is -0.113. The van der Waals surface area contributed by atoms with Gasteiger partial charge in [-0.3, -0.25) is 14.6 Å². The molecule has 0 atom stereocenters. The normalized spacial score (nSPS) is 10.6. The number of hydrogen-bond acceptors (Lipinski definition) is 5. The predicted molar refractivity (Wildman–Crippen MR) is 112 cm³/mol. The summed E-state index contributed by atoms with van der Waals surface area (Å²) in [5.41, 5.74) is 4.19. The molecule has 0 aliphatic carbocycles. The van der Waals surface area contributed by atoms with E-state index in [4.69, 9.17) is 0 Å². The minimum Gasteiger partial charge on any atom is -0.325 e. The predicted octanol–water partition coefficient (Wildman–Crippen LogP) is 3.36. The number of H-pyrrole nitrogens is 1. The minimum absolute atomic E-state index is 0.136. The summed E-state index contributed by atoms with van der Waals surface area (Å²) >= 11 is 1.15. The molecule has 144 valence electrons. The first-order valence-electron chi connectivity index (χ1n) is 9.06. The van der Waals surface area contributed by atoms with Crippen molar-refractivity contribution in [1.29, 1.82) is 0 Å². The Labute approximate surface area is 167 Å². The molecular formula is C21H22N4O2S. The molecule has 0 fully saturated rings. The van der Waals surface area contributed by atoms with Gasteiger partial charge in [0.1, 0.15) is 5.69 Å². The second-order valence-corrected chi connectivity index (χ2v) is 7.42. The van der Waals surface area contributed by atoms with Gasteiger partial charge in [0.2, 0.25) is 5.91 Å². The highest BCUT2D eigenvalue weighted by Gasteiger charge is 2.09. The summed E-state index contributed by atoms with van der Waals surface area (Å²) in [6, 6.07) is 15.7. The Hall–Kier alpha value is -2.93. The maximum absolute atomic E-state index is 12.2. The molecule has 2 N–H and O–H groups in total. The Balaban J connectivity index is 1.55. The van der Waals surface area contributed by atoms with E-state index in [-0.39, 0.29) is 17.2 Å². The number of benzene rings is 2. The molecule has 3 aromatic rings. The van der Waals surface area contributed by atoms with Crippen LogP contribution in [0.3, 0.4) is 0 Å². The summed E-state index contributed by atoms with van der Waals surface area (Å²) in [6.45, 7) is 4.09. The molecule has 1 amide bonds. The van der Waals surface area contributed by atoms with Crippen molar-refractivity contribution >= 4 is 23.4 Å². The van der Waals surface area contributed by atoms with Crippen LogP contribution in [0, 0.1) is 6.92 Å². The summed E-state index contributed by atoms with van der Waals surface area (Å²) in [5, 5.41) is 11.2. The van der Waals surface area contributed by atoms with Gasteiger partial charge in [0.25, 0.3) is 5.56 Å². The number of thioether (sulfide) groups is 1. The second-order valence-electron chi connectivity index (χ2n) is 6.46. The third-order valence-corrected chi connectivity index (χ3v) is 5.09. The highest BCUT2D eigenvalue weighted by Crippen LogP contribution is 2.14. The molecule has 3 rings (SSSR count). The standard InChI is InChI=1S/C21H22N4O2S/c1-3-15-8-10-17(11-9-15)22-19(26)13-28-21-23-20(27)18(24-25-21)12-16-6-4-14(2)5-7-16/h4-11H,3,12-13H2,1-2H3,(H,22,26)(H,23,25,27). The number of carbonyl (C=O) groups excluding carboxylic acids is 1. The van der Waals surface area contributed by atoms with Gasteiger partial charge in [-0.2, -0.15) is 0 Å². The van der Waals surface area contributed by atoms with E-state index in [1.54, 1.807) is 0 Å². The molecule has 1 heterocycles. The molecule has 0 saturated carbocycles. The lowest BCUT2D eigenvalue weighted by Crippen LogP contribution is -2.19. The SMILES string of the molecule is CCc1ccc(NC(=O)CSc2nnc(Cc3ccc(C)cc3)c(=O)[nH]2)cc1. The maximum Gasteiger partial charge on any atom is 0.273 e. The molecule has 0 unspecified atom stereocenters. The zero-order valence-electron chi connectivity index (χ0n) is 15.9. The molecule has 0 bridgehead atoms. The zero-order valence-corrected chi connectivity index (χ0v) is 16.7. The van der Waals surface area contributed by atoms with Gasteiger partial charge in [0.05, 0.1) is 5.75 Å². The van der Waals surface area contributed by atoms with Crippen molar-refractivity contribution < 1.29 is 4.79 Å². The van der Waals surface area contributed by atoms with E-state index >= 15 is 0 Å². The van der Waals surface area contributed by atoms with Gasteiger partial charge < -0.3 is 5.32 Å². The van der Waals surface area contributed by atoms with Gasteiger partial charge >= 0.3 is 0 Å². The lowest BCUT2D eigenvalue weighted by atomic mass is 10.1. The van der Waals surface area contributed by atoms with Crippen LogP contribution in [0.25, 0.3) is 0 Å². The Morgan fingerprint density at radius 3 is 2.36 bits per heavy atom. The van der Waals surface area contributed by atoms with Crippen molar-refractivity contribution in [2.45, 2.75) is 31.8 Å². The van der Waals surface area contributed by atoms with E-state index in [9.17, 15) is 9.59 Å². The highest BCUT2D eigenvalue weighted by atomic mass is 32.2. The van der Waals surface area contributed by atoms with Gasteiger partial charge in [0, 0.05) is 12.1 Å². The Bertz CT molecular complexity index is 998. The molecule has 7 heteroatoms. The van der Waals surface area contributed by atoms with Gasteiger partial charge in [-0.05, 0) is 36.6 Å². The topological polar surface area (TPSA) is 87.7 Å². The first-order chi connectivity index (χ1) is 13.5. The molecule has 6 nitrogen and oxygen atoms in total. The molecule has 2 aromatic carbocycles. The van der Waals surface area contributed by atoms with Gasteiger partial charge in [-0.25, -0.2) is 0 Å². The fourth-order valence-electron chi connectivity index (χ4n) is 2.58. The number of aromatic nitrogens is 3. The minimum atomic E-state index is -0.284. The summed E-state index contributed by atoms with van der Waals surface area (Å²) < 4.78 is 0. The van der Waals surface area contributed by atoms with Crippen LogP contribution in [-0.4, -0.2) is 26.8 Å². The first kappa shape index (κ1) is 19.8. The molecule has 0 radical (unpaired) electrons. The number of carbonyl (C=O) groups is 1.